The molecule has 2 aromatic rings. The lowest BCUT2D eigenvalue weighted by molar-refractivity contribution is -0.137. The zero-order chi connectivity index (χ0) is 16.2. The van der Waals surface area contributed by atoms with Gasteiger partial charge in [-0.2, -0.15) is 13.2 Å². The molecular formula is C16H11ClF3NO. The van der Waals surface area contributed by atoms with E-state index in [1.165, 1.54) is 18.2 Å². The number of hydrogen-bond acceptors (Lipinski definition) is 1. The predicted molar refractivity (Wildman–Crippen MR) is 80.6 cm³/mol. The highest BCUT2D eigenvalue weighted by Crippen LogP contribution is 2.30. The summed E-state index contributed by atoms with van der Waals surface area (Å²) in [5.74, 6) is -0.519. The predicted octanol–water partition coefficient (Wildman–Crippen LogP) is 5.01. The number of hydrogen-bond donors (Lipinski definition) is 1. The third kappa shape index (κ3) is 4.63. The molecule has 6 heteroatoms. The highest BCUT2D eigenvalue weighted by Gasteiger charge is 2.30. The van der Waals surface area contributed by atoms with Gasteiger partial charge in [-0.05, 0) is 42.0 Å². The van der Waals surface area contributed by atoms with Gasteiger partial charge < -0.3 is 5.32 Å². The van der Waals surface area contributed by atoms with Gasteiger partial charge in [0, 0.05) is 16.8 Å². The Balaban J connectivity index is 2.04. The van der Waals surface area contributed by atoms with Gasteiger partial charge in [0.1, 0.15) is 0 Å². The largest absolute Gasteiger partial charge is 0.416 e. The van der Waals surface area contributed by atoms with Gasteiger partial charge in [-0.1, -0.05) is 29.8 Å². The zero-order valence-electron chi connectivity index (χ0n) is 11.2. The van der Waals surface area contributed by atoms with Crippen LogP contribution in [0, 0.1) is 0 Å². The van der Waals surface area contributed by atoms with Gasteiger partial charge in [-0.15, -0.1) is 0 Å². The topological polar surface area (TPSA) is 29.1 Å². The van der Waals surface area contributed by atoms with E-state index in [9.17, 15) is 18.0 Å². The monoisotopic (exact) mass is 325 g/mol. The van der Waals surface area contributed by atoms with Crippen LogP contribution in [0.3, 0.4) is 0 Å². The maximum Gasteiger partial charge on any atom is 0.416 e. The van der Waals surface area contributed by atoms with Gasteiger partial charge in [0.15, 0.2) is 0 Å². The number of benzene rings is 2. The summed E-state index contributed by atoms with van der Waals surface area (Å²) in [6, 6.07) is 11.2. The molecule has 1 amide bonds. The van der Waals surface area contributed by atoms with Crippen molar-refractivity contribution in [1.82, 2.24) is 0 Å². The number of rotatable bonds is 3. The van der Waals surface area contributed by atoms with E-state index in [0.717, 1.165) is 17.7 Å². The quantitative estimate of drug-likeness (QED) is 0.790. The van der Waals surface area contributed by atoms with Crippen LogP contribution in [0.4, 0.5) is 18.9 Å². The van der Waals surface area contributed by atoms with Gasteiger partial charge in [0.25, 0.3) is 0 Å². The number of carbonyl (C=O) groups is 1. The fourth-order valence-corrected chi connectivity index (χ4v) is 1.83. The molecule has 2 aromatic carbocycles. The Morgan fingerprint density at radius 2 is 1.77 bits per heavy atom. The lowest BCUT2D eigenvalue weighted by Crippen LogP contribution is -2.10. The molecule has 0 fully saturated rings. The molecule has 114 valence electrons. The molecule has 0 aliphatic heterocycles. The lowest BCUT2D eigenvalue weighted by atomic mass is 10.2. The van der Waals surface area contributed by atoms with Crippen molar-refractivity contribution in [3.8, 4) is 0 Å². The van der Waals surface area contributed by atoms with Crippen LogP contribution in [0.15, 0.2) is 54.6 Å². The zero-order valence-corrected chi connectivity index (χ0v) is 11.9. The van der Waals surface area contributed by atoms with E-state index in [4.69, 9.17) is 11.6 Å². The van der Waals surface area contributed by atoms with Crippen molar-refractivity contribution in [1.29, 1.82) is 0 Å². The van der Waals surface area contributed by atoms with Gasteiger partial charge in [0.2, 0.25) is 5.91 Å². The first kappa shape index (κ1) is 16.1. The number of alkyl halides is 3. The Hall–Kier alpha value is -2.27. The number of anilines is 1. The fraction of sp³-hybridized carbons (Fsp3) is 0.0625. The molecule has 2 nitrogen and oxygen atoms in total. The van der Waals surface area contributed by atoms with Crippen LogP contribution in [0.1, 0.15) is 11.1 Å². The van der Waals surface area contributed by atoms with Crippen LogP contribution in [0.5, 0.6) is 0 Å². The molecule has 2 rings (SSSR count). The molecule has 0 atom stereocenters. The van der Waals surface area contributed by atoms with Crippen molar-refractivity contribution >= 4 is 29.3 Å². The van der Waals surface area contributed by atoms with Crippen molar-refractivity contribution < 1.29 is 18.0 Å². The van der Waals surface area contributed by atoms with Gasteiger partial charge in [-0.25, -0.2) is 0 Å². The molecule has 1 N–H and O–H groups in total. The maximum atomic E-state index is 12.6. The lowest BCUT2D eigenvalue weighted by Gasteiger charge is -2.08. The molecule has 22 heavy (non-hydrogen) atoms. The molecule has 0 radical (unpaired) electrons. The van der Waals surface area contributed by atoms with Gasteiger partial charge in [0.05, 0.1) is 5.56 Å². The van der Waals surface area contributed by atoms with E-state index in [1.54, 1.807) is 30.3 Å². The van der Waals surface area contributed by atoms with E-state index < -0.39 is 17.6 Å². The maximum absolute atomic E-state index is 12.6. The summed E-state index contributed by atoms with van der Waals surface area (Å²) in [5.41, 5.74) is 0.0242. The van der Waals surface area contributed by atoms with Crippen molar-refractivity contribution in [3.05, 3.63) is 70.8 Å². The van der Waals surface area contributed by atoms with E-state index >= 15 is 0 Å². The van der Waals surface area contributed by atoms with E-state index in [1.807, 2.05) is 0 Å². The van der Waals surface area contributed by atoms with E-state index in [0.29, 0.717) is 5.02 Å². The first-order valence-corrected chi connectivity index (χ1v) is 6.64. The second-order valence-electron chi connectivity index (χ2n) is 4.45. The summed E-state index contributed by atoms with van der Waals surface area (Å²) in [6.07, 6.45) is -1.66. The standard InChI is InChI=1S/C16H11ClF3NO/c17-13-7-4-11(5-8-13)6-9-15(22)21-14-3-1-2-12(10-14)16(18,19)20/h1-10H,(H,21,22)/b9-6+. The summed E-state index contributed by atoms with van der Waals surface area (Å²) >= 11 is 5.74. The van der Waals surface area contributed by atoms with E-state index in [-0.39, 0.29) is 5.69 Å². The average Bonchev–Trinajstić information content (AvgIpc) is 2.46. The molecule has 0 aliphatic rings. The Morgan fingerprint density at radius 1 is 1.09 bits per heavy atom. The molecule has 0 saturated heterocycles. The van der Waals surface area contributed by atoms with E-state index in [2.05, 4.69) is 5.32 Å². The smallest absolute Gasteiger partial charge is 0.322 e. The molecule has 0 bridgehead atoms. The average molecular weight is 326 g/mol. The van der Waals surface area contributed by atoms with Crippen molar-refractivity contribution in [2.24, 2.45) is 0 Å². The summed E-state index contributed by atoms with van der Waals surface area (Å²) in [7, 11) is 0. The number of nitrogens with one attached hydrogen (secondary N) is 1. The first-order chi connectivity index (χ1) is 10.3. The van der Waals surface area contributed by atoms with Crippen LogP contribution in [0.2, 0.25) is 5.02 Å². The minimum absolute atomic E-state index is 0.0839. The molecule has 0 saturated carbocycles. The third-order valence-electron chi connectivity index (χ3n) is 2.75. The third-order valence-corrected chi connectivity index (χ3v) is 3.01. The van der Waals surface area contributed by atoms with Crippen LogP contribution >= 0.6 is 11.6 Å². The number of amides is 1. The second kappa shape index (κ2) is 6.66. The van der Waals surface area contributed by atoms with Crippen molar-refractivity contribution in [2.75, 3.05) is 5.32 Å². The van der Waals surface area contributed by atoms with Gasteiger partial charge >= 0.3 is 6.18 Å². The van der Waals surface area contributed by atoms with Crippen LogP contribution in [-0.2, 0) is 11.0 Å². The minimum Gasteiger partial charge on any atom is -0.322 e. The Kier molecular flexibility index (Phi) is 4.88. The van der Waals surface area contributed by atoms with Crippen LogP contribution in [0.25, 0.3) is 6.08 Å². The number of carbonyl (C=O) groups excluding carboxylic acids is 1. The molecule has 0 spiro atoms. The Bertz CT molecular complexity index is 693. The summed E-state index contributed by atoms with van der Waals surface area (Å²) < 4.78 is 37.7. The highest BCUT2D eigenvalue weighted by atomic mass is 35.5. The molecule has 0 aromatic heterocycles. The second-order valence-corrected chi connectivity index (χ2v) is 4.89. The Labute approximate surface area is 130 Å². The van der Waals surface area contributed by atoms with Gasteiger partial charge in [-0.3, -0.25) is 4.79 Å². The molecule has 0 aliphatic carbocycles. The van der Waals surface area contributed by atoms with Crippen molar-refractivity contribution in [2.45, 2.75) is 6.18 Å². The molecule has 0 heterocycles. The normalized spacial score (nSPS) is 11.6. The summed E-state index contributed by atoms with van der Waals surface area (Å²) in [4.78, 5) is 11.7. The van der Waals surface area contributed by atoms with Crippen LogP contribution < -0.4 is 5.32 Å². The first-order valence-electron chi connectivity index (χ1n) is 6.26. The van der Waals surface area contributed by atoms with Crippen LogP contribution in [-0.4, -0.2) is 5.91 Å². The SMILES string of the molecule is O=C(/C=C/c1ccc(Cl)cc1)Nc1cccc(C(F)(F)F)c1. The Morgan fingerprint density at radius 3 is 2.41 bits per heavy atom. The summed E-state index contributed by atoms with van der Waals surface area (Å²) in [5, 5.41) is 2.96. The number of halogens is 4. The van der Waals surface area contributed by atoms with Crippen molar-refractivity contribution in [3.63, 3.8) is 0 Å². The molecular weight excluding hydrogens is 315 g/mol. The fourth-order valence-electron chi connectivity index (χ4n) is 1.70. The summed E-state index contributed by atoms with van der Waals surface area (Å²) in [6.45, 7) is 0. The molecule has 0 unspecified atom stereocenters. The highest BCUT2D eigenvalue weighted by molar-refractivity contribution is 6.30. The minimum atomic E-state index is -4.44.